The Morgan fingerprint density at radius 3 is 0.698 bits per heavy atom. The van der Waals surface area contributed by atoms with Gasteiger partial charge in [0.15, 0.2) is 0 Å². The molecule has 96 heavy (non-hydrogen) atoms. The number of benzene rings is 9. The highest BCUT2D eigenvalue weighted by Crippen LogP contribution is 2.74. The lowest BCUT2D eigenvalue weighted by atomic mass is 10.0. The van der Waals surface area contributed by atoms with E-state index < -0.39 is 86.8 Å². The van der Waals surface area contributed by atoms with E-state index in [-0.39, 0.29) is 71.6 Å². The highest BCUT2D eigenvalue weighted by atomic mass is 31.1. The first-order valence-electron chi connectivity index (χ1n) is 32.4. The SMILES string of the molecule is CC(NC(=O)c1ccccc1[C@@H]1N2C(=O)CCC(=O)N2[C@@H](c2ccccc2C(=O)NC(C)c2ccccc2)P1c1ccccc1P1[C@H](c2ccccc2C(=O)NC(C)c2ccccc2)N2C(=O)CCC(=O)N2[C@H]1c1ccccc1C(=O)N[C@@H](C)c1ccccc1)c1ccccc1. The minimum Gasteiger partial charge on any atom is -0.346 e. The van der Waals surface area contributed by atoms with E-state index in [2.05, 4.69) is 21.3 Å². The summed E-state index contributed by atoms with van der Waals surface area (Å²) in [6.45, 7) is 7.58. The van der Waals surface area contributed by atoms with Crippen molar-refractivity contribution in [3.8, 4) is 0 Å². The maximum absolute atomic E-state index is 15.5. The van der Waals surface area contributed by atoms with Crippen LogP contribution >= 0.6 is 15.8 Å². The quantitative estimate of drug-likeness (QED) is 0.0609. The Bertz CT molecular complexity index is 3910. The summed E-state index contributed by atoms with van der Waals surface area (Å²) in [4.78, 5) is 123. The van der Waals surface area contributed by atoms with E-state index >= 15 is 38.4 Å². The zero-order valence-electron chi connectivity index (χ0n) is 53.5. The van der Waals surface area contributed by atoms with E-state index in [9.17, 15) is 0 Å². The number of nitrogens with zero attached hydrogens (tertiary/aromatic N) is 4. The van der Waals surface area contributed by atoms with Crippen LogP contribution in [0.3, 0.4) is 0 Å². The van der Waals surface area contributed by atoms with Crippen LogP contribution < -0.4 is 31.9 Å². The number of rotatable bonds is 18. The summed E-state index contributed by atoms with van der Waals surface area (Å²) in [5.41, 5.74) is 6.21. The fourth-order valence-corrected chi connectivity index (χ4v) is 21.3. The number of hydrazine groups is 2. The normalized spacial score (nSPS) is 20.3. The molecule has 4 unspecified atom stereocenters. The summed E-state index contributed by atoms with van der Waals surface area (Å²) in [7, 11) is -4.41. The van der Waals surface area contributed by atoms with Gasteiger partial charge in [-0.25, -0.2) is 20.0 Å². The third kappa shape index (κ3) is 12.4. The summed E-state index contributed by atoms with van der Waals surface area (Å²) in [6, 6.07) is 72.6. The Morgan fingerprint density at radius 1 is 0.292 bits per heavy atom. The lowest BCUT2D eigenvalue weighted by Crippen LogP contribution is -2.50. The molecule has 9 aromatic rings. The van der Waals surface area contributed by atoms with Crippen molar-refractivity contribution in [3.05, 3.63) is 309 Å². The number of hydrogen-bond donors (Lipinski definition) is 4. The molecule has 0 aromatic heterocycles. The fourth-order valence-electron chi connectivity index (χ4n) is 13.8. The van der Waals surface area contributed by atoms with Crippen molar-refractivity contribution in [3.63, 3.8) is 0 Å². The number of nitrogens with one attached hydrogen (secondary N) is 4. The van der Waals surface area contributed by atoms with E-state index in [1.807, 2.05) is 222 Å². The summed E-state index contributed by atoms with van der Waals surface area (Å²) >= 11 is 0. The van der Waals surface area contributed by atoms with E-state index in [1.54, 1.807) is 48.5 Å². The molecule has 9 atom stereocenters. The number of carbonyl (C=O) groups excluding carboxylic acids is 8. The minimum atomic E-state index is -2.20. The van der Waals surface area contributed by atoms with Crippen molar-refractivity contribution in [1.29, 1.82) is 0 Å². The molecule has 0 saturated carbocycles. The minimum absolute atomic E-state index is 0.145. The van der Waals surface area contributed by atoms with Crippen LogP contribution in [0.15, 0.2) is 243 Å². The molecule has 18 heteroatoms. The molecule has 8 amide bonds. The van der Waals surface area contributed by atoms with Crippen molar-refractivity contribution in [2.75, 3.05) is 0 Å². The molecule has 0 spiro atoms. The number of fused-ring (bicyclic) bond motifs is 2. The van der Waals surface area contributed by atoms with Crippen LogP contribution in [-0.4, -0.2) is 67.3 Å². The molecule has 482 valence electrons. The molecule has 0 radical (unpaired) electrons. The summed E-state index contributed by atoms with van der Waals surface area (Å²) in [5, 5.41) is 20.2. The molecule has 4 fully saturated rings. The molecule has 0 bridgehead atoms. The molecule has 4 aliphatic heterocycles. The Balaban J connectivity index is 1.07. The molecular weight excluding hydrogens is 1240 g/mol. The summed E-state index contributed by atoms with van der Waals surface area (Å²) < 4.78 is 0. The standard InChI is InChI=1S/C78H72N8O8P2/c1-49(53-27-9-5-10-28-53)79-71(91)57-35-17-21-39-61(57)75-83-67(87)45-46-68(88)84(83)76(62-40-22-18-36-58(62)72(92)80-50(2)54-29-11-6-12-30-54)95(75)65-43-25-26-44-66(65)96-77(63-41-23-19-37-59(63)73(93)81-51(3)55-31-13-7-14-32-55)85-69(89)47-48-70(90)86(85)78(96)64-42-24-20-38-60(64)74(94)82-52(4)56-33-15-8-16-34-56/h5-44,49-52,75-78H,45-48H2,1-4H3,(H,79,91)(H,80,92)(H,81,93)(H,82,94)/t49-,50?,51?,52?,75+,76+,77+,78+,95?,96?/m0/s1. The number of amides is 8. The molecule has 13 rings (SSSR count). The second kappa shape index (κ2) is 27.9. The van der Waals surface area contributed by atoms with E-state index in [0.29, 0.717) is 32.9 Å². The third-order valence-corrected chi connectivity index (χ3v) is 24.7. The van der Waals surface area contributed by atoms with Crippen LogP contribution in [0.5, 0.6) is 0 Å². The third-order valence-electron chi connectivity index (χ3n) is 18.5. The van der Waals surface area contributed by atoms with Gasteiger partial charge in [0.2, 0.25) is 23.6 Å². The Kier molecular flexibility index (Phi) is 18.7. The molecule has 4 saturated heterocycles. The van der Waals surface area contributed by atoms with Gasteiger partial charge >= 0.3 is 0 Å². The van der Waals surface area contributed by atoms with Crippen molar-refractivity contribution in [2.24, 2.45) is 0 Å². The molecule has 0 aliphatic carbocycles. The zero-order chi connectivity index (χ0) is 66.7. The molecular formula is C78H72N8O8P2. The Morgan fingerprint density at radius 2 is 0.479 bits per heavy atom. The molecule has 9 aromatic carbocycles. The lowest BCUT2D eigenvalue weighted by Gasteiger charge is -2.38. The van der Waals surface area contributed by atoms with E-state index in [0.717, 1.165) is 22.3 Å². The van der Waals surface area contributed by atoms with E-state index in [1.165, 1.54) is 20.0 Å². The topological polar surface area (TPSA) is 198 Å². The van der Waals surface area contributed by atoms with Gasteiger partial charge in [-0.3, -0.25) is 38.4 Å². The van der Waals surface area contributed by atoms with Gasteiger partial charge in [-0.05, 0) is 123 Å². The predicted molar refractivity (Wildman–Crippen MR) is 371 cm³/mol. The highest BCUT2D eigenvalue weighted by Gasteiger charge is 2.60. The van der Waals surface area contributed by atoms with Crippen LogP contribution in [0.25, 0.3) is 0 Å². The smallest absolute Gasteiger partial charge is 0.252 e. The summed E-state index contributed by atoms with van der Waals surface area (Å²) in [6.07, 6.45) is -0.579. The molecule has 16 nitrogen and oxygen atoms in total. The molecule has 4 aliphatic rings. The highest BCUT2D eigenvalue weighted by molar-refractivity contribution is 7.73. The molecule has 4 heterocycles. The van der Waals surface area contributed by atoms with Crippen molar-refractivity contribution in [1.82, 2.24) is 41.3 Å². The second-order valence-corrected chi connectivity index (χ2v) is 29.1. The Hall–Kier alpha value is -10.4. The first-order valence-corrected chi connectivity index (χ1v) is 35.4. The average molecular weight is 1310 g/mol. The lowest BCUT2D eigenvalue weighted by molar-refractivity contribution is -0.171. The van der Waals surface area contributed by atoms with Crippen molar-refractivity contribution in [2.45, 2.75) is 101 Å². The molecule has 4 N–H and O–H groups in total. The largest absolute Gasteiger partial charge is 0.346 e. The second-order valence-electron chi connectivity index (χ2n) is 24.5. The monoisotopic (exact) mass is 1310 g/mol. The number of carbonyl (C=O) groups is 8. The average Bonchev–Trinajstić information content (AvgIpc) is 1.55. The predicted octanol–water partition coefficient (Wildman–Crippen LogP) is 13.4. The zero-order valence-corrected chi connectivity index (χ0v) is 55.3. The van der Waals surface area contributed by atoms with Crippen LogP contribution in [-0.2, 0) is 19.2 Å². The van der Waals surface area contributed by atoms with Gasteiger partial charge in [-0.1, -0.05) is 218 Å². The van der Waals surface area contributed by atoms with E-state index in [4.69, 9.17) is 0 Å². The summed E-state index contributed by atoms with van der Waals surface area (Å²) in [5.74, 6) is -7.60. The van der Waals surface area contributed by atoms with Crippen molar-refractivity contribution < 1.29 is 38.4 Å². The van der Waals surface area contributed by atoms with Gasteiger partial charge in [0.05, 0.1) is 24.2 Å². The number of hydrogen-bond acceptors (Lipinski definition) is 8. The van der Waals surface area contributed by atoms with Gasteiger partial charge in [0.25, 0.3) is 23.6 Å². The first-order chi connectivity index (χ1) is 46.7. The van der Waals surface area contributed by atoms with Gasteiger partial charge in [0.1, 0.15) is 23.1 Å². The maximum atomic E-state index is 15.5. The van der Waals surface area contributed by atoms with Gasteiger partial charge in [-0.2, -0.15) is 0 Å². The fraction of sp³-hybridized carbons (Fsp3) is 0.205. The van der Waals surface area contributed by atoms with Gasteiger partial charge in [-0.15, -0.1) is 0 Å². The Labute approximate surface area is 560 Å². The van der Waals surface area contributed by atoms with Gasteiger partial charge < -0.3 is 21.3 Å². The van der Waals surface area contributed by atoms with Crippen LogP contribution in [0.1, 0.15) is 187 Å². The van der Waals surface area contributed by atoms with Crippen LogP contribution in [0.2, 0.25) is 0 Å². The maximum Gasteiger partial charge on any atom is 0.252 e. The van der Waals surface area contributed by atoms with Crippen LogP contribution in [0, 0.1) is 0 Å². The van der Waals surface area contributed by atoms with Gasteiger partial charge in [0, 0.05) is 47.9 Å². The van der Waals surface area contributed by atoms with Crippen LogP contribution in [0.4, 0.5) is 0 Å². The van der Waals surface area contributed by atoms with Crippen molar-refractivity contribution >= 4 is 73.7 Å². The first kappa shape index (κ1) is 64.3.